The number of aryl methyl sites for hydroxylation is 2. The van der Waals surface area contributed by atoms with Crippen LogP contribution >= 0.6 is 0 Å². The predicted molar refractivity (Wildman–Crippen MR) is 139 cm³/mol. The van der Waals surface area contributed by atoms with Crippen LogP contribution < -0.4 is 4.90 Å². The molecule has 0 saturated heterocycles. The lowest BCUT2D eigenvalue weighted by Gasteiger charge is -2.26. The summed E-state index contributed by atoms with van der Waals surface area (Å²) in [7, 11) is 0. The molecule has 0 bridgehead atoms. The van der Waals surface area contributed by atoms with Gasteiger partial charge < -0.3 is 9.80 Å². The number of aromatic nitrogens is 5. The van der Waals surface area contributed by atoms with Crippen LogP contribution in [0.15, 0.2) is 79.0 Å². The summed E-state index contributed by atoms with van der Waals surface area (Å²) in [5.74, 6) is 0. The van der Waals surface area contributed by atoms with Gasteiger partial charge in [0, 0.05) is 35.9 Å². The highest BCUT2D eigenvalue weighted by Crippen LogP contribution is 2.32. The number of hydrogen-bond donors (Lipinski definition) is 0. The Hall–Kier alpha value is -4.00. The first kappa shape index (κ1) is 22.8. The number of benzene rings is 2. The summed E-state index contributed by atoms with van der Waals surface area (Å²) >= 11 is 0. The van der Waals surface area contributed by atoms with Crippen molar-refractivity contribution >= 4 is 5.69 Å². The molecule has 4 aromatic rings. The third-order valence-electron chi connectivity index (χ3n) is 6.52. The van der Waals surface area contributed by atoms with Crippen molar-refractivity contribution in [3.63, 3.8) is 0 Å². The van der Waals surface area contributed by atoms with Crippen molar-refractivity contribution in [1.29, 1.82) is 0 Å². The lowest BCUT2D eigenvalue weighted by molar-refractivity contribution is 0.353. The Morgan fingerprint density at radius 2 is 1.77 bits per heavy atom. The molecular weight excluding hydrogens is 434 g/mol. The molecule has 0 amide bonds. The molecule has 1 aliphatic heterocycles. The Morgan fingerprint density at radius 3 is 2.49 bits per heavy atom. The number of para-hydroxylation sites is 2. The number of unbranched alkanes of at least 4 members (excludes halogenated alkanes) is 1. The van der Waals surface area contributed by atoms with E-state index in [2.05, 4.69) is 82.6 Å². The van der Waals surface area contributed by atoms with Crippen LogP contribution in [-0.4, -0.2) is 36.8 Å². The molecule has 0 saturated carbocycles. The van der Waals surface area contributed by atoms with Crippen molar-refractivity contribution in [3.8, 4) is 16.9 Å². The van der Waals surface area contributed by atoms with Crippen molar-refractivity contribution in [2.45, 2.75) is 46.6 Å². The maximum Gasteiger partial charge on any atom is 0.143 e. The first-order valence-corrected chi connectivity index (χ1v) is 12.2. The standard InChI is InChI=1S/C28H31N7/c1-4-5-11-24-18-34(28-21(2)9-8-10-22(28)3)20-33(24)17-23-14-15-26(29-16-23)25-12-6-7-13-27(25)35-19-30-31-32-35/h6-10,12-16,18-19H,4-5,11,17,20H2,1-3H3. The van der Waals surface area contributed by atoms with E-state index in [4.69, 9.17) is 4.98 Å². The zero-order valence-corrected chi connectivity index (χ0v) is 20.6. The molecule has 2 aromatic heterocycles. The van der Waals surface area contributed by atoms with Gasteiger partial charge in [0.2, 0.25) is 0 Å². The molecule has 5 rings (SSSR count). The van der Waals surface area contributed by atoms with Crippen molar-refractivity contribution in [3.05, 3.63) is 95.7 Å². The Bertz CT molecular complexity index is 1290. The molecule has 1 aliphatic rings. The second-order valence-electron chi connectivity index (χ2n) is 9.10. The summed E-state index contributed by atoms with van der Waals surface area (Å²) < 4.78 is 1.67. The van der Waals surface area contributed by atoms with Crippen LogP contribution in [0, 0.1) is 13.8 Å². The number of anilines is 1. The molecule has 0 radical (unpaired) electrons. The first-order valence-electron chi connectivity index (χ1n) is 12.2. The Morgan fingerprint density at radius 1 is 0.943 bits per heavy atom. The van der Waals surface area contributed by atoms with Crippen molar-refractivity contribution in [1.82, 2.24) is 30.1 Å². The Labute approximate surface area is 206 Å². The van der Waals surface area contributed by atoms with Gasteiger partial charge in [-0.05, 0) is 65.9 Å². The largest absolute Gasteiger partial charge is 0.351 e. The zero-order chi connectivity index (χ0) is 24.2. The van der Waals surface area contributed by atoms with Gasteiger partial charge in [-0.15, -0.1) is 5.10 Å². The molecule has 7 nitrogen and oxygen atoms in total. The number of allylic oxidation sites excluding steroid dienone is 1. The quantitative estimate of drug-likeness (QED) is 0.335. The van der Waals surface area contributed by atoms with Gasteiger partial charge in [-0.3, -0.25) is 4.98 Å². The van der Waals surface area contributed by atoms with Crippen LogP contribution in [0.1, 0.15) is 42.9 Å². The van der Waals surface area contributed by atoms with Crippen LogP contribution in [-0.2, 0) is 6.54 Å². The van der Waals surface area contributed by atoms with Gasteiger partial charge in [-0.2, -0.15) is 4.68 Å². The average molecular weight is 466 g/mol. The van der Waals surface area contributed by atoms with Crippen LogP contribution in [0.4, 0.5) is 5.69 Å². The molecule has 2 aromatic carbocycles. The fourth-order valence-electron chi connectivity index (χ4n) is 4.76. The second-order valence-corrected chi connectivity index (χ2v) is 9.10. The lowest BCUT2D eigenvalue weighted by Crippen LogP contribution is -2.27. The summed E-state index contributed by atoms with van der Waals surface area (Å²) in [6.45, 7) is 8.33. The van der Waals surface area contributed by atoms with Crippen molar-refractivity contribution < 1.29 is 0 Å². The second kappa shape index (κ2) is 10.1. The molecule has 7 heteroatoms. The minimum Gasteiger partial charge on any atom is -0.351 e. The van der Waals surface area contributed by atoms with E-state index in [1.54, 1.807) is 11.0 Å². The van der Waals surface area contributed by atoms with Crippen molar-refractivity contribution in [2.75, 3.05) is 11.6 Å². The van der Waals surface area contributed by atoms with E-state index < -0.39 is 0 Å². The maximum atomic E-state index is 4.81. The molecule has 0 aliphatic carbocycles. The molecule has 0 spiro atoms. The maximum absolute atomic E-state index is 4.81. The Balaban J connectivity index is 1.37. The molecule has 35 heavy (non-hydrogen) atoms. The van der Waals surface area contributed by atoms with Gasteiger partial charge in [0.05, 0.1) is 18.1 Å². The third-order valence-corrected chi connectivity index (χ3v) is 6.52. The van der Waals surface area contributed by atoms with Crippen LogP contribution in [0.2, 0.25) is 0 Å². The third kappa shape index (κ3) is 4.80. The number of rotatable bonds is 8. The fraction of sp³-hybridized carbons (Fsp3) is 0.286. The van der Waals surface area contributed by atoms with Gasteiger partial charge in [-0.25, -0.2) is 0 Å². The minimum atomic E-state index is 0.832. The zero-order valence-electron chi connectivity index (χ0n) is 20.6. The smallest absolute Gasteiger partial charge is 0.143 e. The van der Waals surface area contributed by atoms with E-state index in [1.807, 2.05) is 30.5 Å². The van der Waals surface area contributed by atoms with E-state index in [0.717, 1.165) is 36.6 Å². The molecule has 0 N–H and O–H groups in total. The molecule has 0 unspecified atom stereocenters. The molecule has 178 valence electrons. The Kier molecular flexibility index (Phi) is 6.57. The summed E-state index contributed by atoms with van der Waals surface area (Å²) in [5, 5.41) is 11.6. The van der Waals surface area contributed by atoms with Crippen LogP contribution in [0.5, 0.6) is 0 Å². The van der Waals surface area contributed by atoms with E-state index >= 15 is 0 Å². The summed E-state index contributed by atoms with van der Waals surface area (Å²) in [4.78, 5) is 9.69. The van der Waals surface area contributed by atoms with E-state index in [1.165, 1.54) is 40.9 Å². The highest BCUT2D eigenvalue weighted by Gasteiger charge is 2.23. The van der Waals surface area contributed by atoms with Gasteiger partial charge in [0.1, 0.15) is 6.33 Å². The monoisotopic (exact) mass is 465 g/mol. The van der Waals surface area contributed by atoms with Gasteiger partial charge in [-0.1, -0.05) is 55.8 Å². The van der Waals surface area contributed by atoms with Crippen molar-refractivity contribution in [2.24, 2.45) is 0 Å². The lowest BCUT2D eigenvalue weighted by atomic mass is 10.1. The number of tetrazole rings is 1. The van der Waals surface area contributed by atoms with Crippen LogP contribution in [0.3, 0.4) is 0 Å². The highest BCUT2D eigenvalue weighted by atomic mass is 15.5. The first-order chi connectivity index (χ1) is 17.1. The topological polar surface area (TPSA) is 63.0 Å². The number of nitrogens with zero attached hydrogens (tertiary/aromatic N) is 7. The number of pyridine rings is 1. The molecular formula is C28H31N7. The normalized spacial score (nSPS) is 13.4. The minimum absolute atomic E-state index is 0.832. The summed E-state index contributed by atoms with van der Waals surface area (Å²) in [6.07, 6.45) is 9.40. The molecule has 3 heterocycles. The van der Waals surface area contributed by atoms with E-state index in [9.17, 15) is 0 Å². The average Bonchev–Trinajstić information content (AvgIpc) is 3.54. The fourth-order valence-corrected chi connectivity index (χ4v) is 4.76. The summed E-state index contributed by atoms with van der Waals surface area (Å²) in [6, 6.07) is 18.8. The number of hydrogen-bond acceptors (Lipinski definition) is 6. The molecule has 0 atom stereocenters. The van der Waals surface area contributed by atoms with E-state index in [-0.39, 0.29) is 0 Å². The van der Waals surface area contributed by atoms with Gasteiger partial charge >= 0.3 is 0 Å². The SMILES string of the molecule is CCCCC1=CN(c2c(C)cccc2C)CN1Cc1ccc(-c2ccccc2-n2cnnn2)nc1. The molecule has 0 fully saturated rings. The summed E-state index contributed by atoms with van der Waals surface area (Å²) in [5.41, 5.74) is 9.33. The van der Waals surface area contributed by atoms with E-state index in [0.29, 0.717) is 0 Å². The van der Waals surface area contributed by atoms with Crippen LogP contribution in [0.25, 0.3) is 16.9 Å². The van der Waals surface area contributed by atoms with Gasteiger partial charge in [0.25, 0.3) is 0 Å². The highest BCUT2D eigenvalue weighted by molar-refractivity contribution is 5.69. The van der Waals surface area contributed by atoms with Gasteiger partial charge in [0.15, 0.2) is 0 Å². The predicted octanol–water partition coefficient (Wildman–Crippen LogP) is 5.65.